The van der Waals surface area contributed by atoms with Crippen LogP contribution in [-0.4, -0.2) is 56.1 Å². The molecule has 2 N–H and O–H groups in total. The molecule has 2 atom stereocenters. The van der Waals surface area contributed by atoms with Crippen molar-refractivity contribution in [2.24, 2.45) is 11.7 Å². The van der Waals surface area contributed by atoms with E-state index < -0.39 is 0 Å². The maximum Gasteiger partial charge on any atom is 0.0220 e. The summed E-state index contributed by atoms with van der Waals surface area (Å²) in [5.41, 5.74) is 5.55. The van der Waals surface area contributed by atoms with Crippen molar-refractivity contribution in [1.82, 2.24) is 9.80 Å². The lowest BCUT2D eigenvalue weighted by Crippen LogP contribution is -2.46. The van der Waals surface area contributed by atoms with E-state index in [0.717, 1.165) is 18.5 Å². The zero-order chi connectivity index (χ0) is 12.0. The van der Waals surface area contributed by atoms with Crippen LogP contribution in [0.15, 0.2) is 0 Å². The summed E-state index contributed by atoms with van der Waals surface area (Å²) in [4.78, 5) is 5.01. The minimum atomic E-state index is 0.763. The first kappa shape index (κ1) is 13.9. The molecule has 0 aliphatic carbocycles. The molecule has 1 rings (SSSR count). The number of rotatable bonds is 6. The van der Waals surface area contributed by atoms with E-state index in [9.17, 15) is 0 Å². The average Bonchev–Trinajstić information content (AvgIpc) is 2.26. The van der Waals surface area contributed by atoms with Crippen LogP contribution in [0.1, 0.15) is 32.6 Å². The zero-order valence-corrected chi connectivity index (χ0v) is 11.3. The van der Waals surface area contributed by atoms with Crippen LogP contribution in [0.2, 0.25) is 0 Å². The predicted octanol–water partition coefficient (Wildman–Crippen LogP) is 1.39. The minimum absolute atomic E-state index is 0.763. The number of nitrogens with two attached hydrogens (primary N) is 1. The van der Waals surface area contributed by atoms with Gasteiger partial charge in [-0.2, -0.15) is 0 Å². The van der Waals surface area contributed by atoms with Gasteiger partial charge in [-0.1, -0.05) is 6.92 Å². The van der Waals surface area contributed by atoms with Crippen molar-refractivity contribution in [2.75, 3.05) is 40.3 Å². The molecular formula is C13H29N3. The molecule has 0 aromatic rings. The second-order valence-corrected chi connectivity index (χ2v) is 5.53. The second-order valence-electron chi connectivity index (χ2n) is 5.53. The Bertz CT molecular complexity index is 184. The molecule has 0 spiro atoms. The zero-order valence-electron chi connectivity index (χ0n) is 11.3. The molecule has 16 heavy (non-hydrogen) atoms. The fourth-order valence-corrected chi connectivity index (χ4v) is 2.70. The normalized spacial score (nSPS) is 24.9. The molecule has 2 unspecified atom stereocenters. The lowest BCUT2D eigenvalue weighted by atomic mass is 10.0. The third kappa shape index (κ3) is 4.81. The van der Waals surface area contributed by atoms with Crippen LogP contribution >= 0.6 is 0 Å². The monoisotopic (exact) mass is 227 g/mol. The minimum Gasteiger partial charge on any atom is -0.330 e. The van der Waals surface area contributed by atoms with Crippen molar-refractivity contribution in [2.45, 2.75) is 38.6 Å². The molecule has 0 aromatic carbocycles. The van der Waals surface area contributed by atoms with Crippen LogP contribution in [0.5, 0.6) is 0 Å². The van der Waals surface area contributed by atoms with E-state index in [4.69, 9.17) is 5.73 Å². The van der Waals surface area contributed by atoms with Crippen molar-refractivity contribution in [3.63, 3.8) is 0 Å². The Labute approximate surface area is 101 Å². The molecule has 0 amide bonds. The number of hydrogen-bond donors (Lipinski definition) is 1. The predicted molar refractivity (Wildman–Crippen MR) is 70.6 cm³/mol. The van der Waals surface area contributed by atoms with Gasteiger partial charge in [0.15, 0.2) is 0 Å². The fraction of sp³-hybridized carbons (Fsp3) is 1.00. The van der Waals surface area contributed by atoms with Crippen LogP contribution in [-0.2, 0) is 0 Å². The Hall–Kier alpha value is -0.120. The van der Waals surface area contributed by atoms with Crippen LogP contribution in [0.3, 0.4) is 0 Å². The van der Waals surface area contributed by atoms with Crippen LogP contribution in [0.4, 0.5) is 0 Å². The standard InChI is InChI=1S/C13H29N3/c1-12(6-4-8-14)10-16(3)13-7-5-9-15(2)11-13/h12-13H,4-11,14H2,1-3H3. The van der Waals surface area contributed by atoms with Crippen molar-refractivity contribution < 1.29 is 0 Å². The summed E-state index contributed by atoms with van der Waals surface area (Å²) in [6, 6.07) is 0.763. The summed E-state index contributed by atoms with van der Waals surface area (Å²) < 4.78 is 0. The lowest BCUT2D eigenvalue weighted by molar-refractivity contribution is 0.121. The quantitative estimate of drug-likeness (QED) is 0.744. The molecular weight excluding hydrogens is 198 g/mol. The van der Waals surface area contributed by atoms with E-state index in [2.05, 4.69) is 30.8 Å². The fourth-order valence-electron chi connectivity index (χ4n) is 2.70. The van der Waals surface area contributed by atoms with Gasteiger partial charge in [0.2, 0.25) is 0 Å². The van der Waals surface area contributed by atoms with E-state index in [1.165, 1.54) is 45.3 Å². The SMILES string of the molecule is CC(CCCN)CN(C)C1CCCN(C)C1. The molecule has 3 heteroatoms. The van der Waals surface area contributed by atoms with Gasteiger partial charge in [-0.3, -0.25) is 0 Å². The number of nitrogens with zero attached hydrogens (tertiary/aromatic N) is 2. The molecule has 1 fully saturated rings. The maximum atomic E-state index is 5.55. The molecule has 1 aliphatic rings. The van der Waals surface area contributed by atoms with Crippen molar-refractivity contribution in [3.8, 4) is 0 Å². The summed E-state index contributed by atoms with van der Waals surface area (Å²) in [7, 11) is 4.51. The van der Waals surface area contributed by atoms with E-state index in [0.29, 0.717) is 0 Å². The first-order valence-corrected chi connectivity index (χ1v) is 6.72. The third-order valence-electron chi connectivity index (χ3n) is 3.72. The second kappa shape index (κ2) is 7.25. The number of hydrogen-bond acceptors (Lipinski definition) is 3. The van der Waals surface area contributed by atoms with E-state index in [-0.39, 0.29) is 0 Å². The van der Waals surface area contributed by atoms with Gasteiger partial charge in [-0.15, -0.1) is 0 Å². The van der Waals surface area contributed by atoms with Gasteiger partial charge < -0.3 is 15.5 Å². The first-order chi connectivity index (χ1) is 7.63. The maximum absolute atomic E-state index is 5.55. The van der Waals surface area contributed by atoms with E-state index in [1.54, 1.807) is 0 Å². The third-order valence-corrected chi connectivity index (χ3v) is 3.72. The van der Waals surface area contributed by atoms with Crippen LogP contribution < -0.4 is 5.73 Å². The lowest BCUT2D eigenvalue weighted by Gasteiger charge is -2.37. The summed E-state index contributed by atoms with van der Waals surface area (Å²) in [6.07, 6.45) is 5.15. The molecule has 0 saturated carbocycles. The Kier molecular flexibility index (Phi) is 6.32. The number of likely N-dealkylation sites (N-methyl/N-ethyl adjacent to an activating group) is 2. The van der Waals surface area contributed by atoms with Crippen molar-refractivity contribution in [1.29, 1.82) is 0 Å². The number of piperidine rings is 1. The van der Waals surface area contributed by atoms with Crippen LogP contribution in [0, 0.1) is 5.92 Å². The highest BCUT2D eigenvalue weighted by Gasteiger charge is 2.21. The van der Waals surface area contributed by atoms with Gasteiger partial charge in [-0.25, -0.2) is 0 Å². The first-order valence-electron chi connectivity index (χ1n) is 6.72. The Balaban J connectivity index is 2.24. The van der Waals surface area contributed by atoms with E-state index >= 15 is 0 Å². The summed E-state index contributed by atoms with van der Waals surface area (Å²) in [6.45, 7) is 6.91. The average molecular weight is 227 g/mol. The molecule has 0 radical (unpaired) electrons. The molecule has 1 saturated heterocycles. The van der Waals surface area contributed by atoms with Gasteiger partial charge in [-0.05, 0) is 58.8 Å². The summed E-state index contributed by atoms with van der Waals surface area (Å²) >= 11 is 0. The topological polar surface area (TPSA) is 32.5 Å². The highest BCUT2D eigenvalue weighted by Crippen LogP contribution is 2.16. The summed E-state index contributed by atoms with van der Waals surface area (Å²) in [5.74, 6) is 0.779. The smallest absolute Gasteiger partial charge is 0.0220 e. The molecule has 96 valence electrons. The Morgan fingerprint density at radius 1 is 1.50 bits per heavy atom. The van der Waals surface area contributed by atoms with Crippen LogP contribution in [0.25, 0.3) is 0 Å². The molecule has 0 aromatic heterocycles. The molecule has 1 aliphatic heterocycles. The highest BCUT2D eigenvalue weighted by atomic mass is 15.2. The van der Waals surface area contributed by atoms with Crippen molar-refractivity contribution >= 4 is 0 Å². The Morgan fingerprint density at radius 3 is 2.88 bits per heavy atom. The van der Waals surface area contributed by atoms with Gasteiger partial charge in [0, 0.05) is 19.1 Å². The van der Waals surface area contributed by atoms with Crippen molar-refractivity contribution in [3.05, 3.63) is 0 Å². The highest BCUT2D eigenvalue weighted by molar-refractivity contribution is 4.78. The Morgan fingerprint density at radius 2 is 2.25 bits per heavy atom. The van der Waals surface area contributed by atoms with Gasteiger partial charge in [0.1, 0.15) is 0 Å². The largest absolute Gasteiger partial charge is 0.330 e. The van der Waals surface area contributed by atoms with Gasteiger partial charge >= 0.3 is 0 Å². The van der Waals surface area contributed by atoms with Gasteiger partial charge in [0.05, 0.1) is 0 Å². The molecule has 1 heterocycles. The number of likely N-dealkylation sites (tertiary alicyclic amines) is 1. The molecule has 0 bridgehead atoms. The summed E-state index contributed by atoms with van der Waals surface area (Å²) in [5, 5.41) is 0. The van der Waals surface area contributed by atoms with E-state index in [1.807, 2.05) is 0 Å². The molecule has 3 nitrogen and oxygen atoms in total. The van der Waals surface area contributed by atoms with Gasteiger partial charge in [0.25, 0.3) is 0 Å².